The van der Waals surface area contributed by atoms with Crippen LogP contribution in [0.5, 0.6) is 0 Å². The van der Waals surface area contributed by atoms with Crippen molar-refractivity contribution in [3.8, 4) is 0 Å². The molecule has 0 saturated heterocycles. The van der Waals surface area contributed by atoms with E-state index in [9.17, 15) is 19.5 Å². The summed E-state index contributed by atoms with van der Waals surface area (Å²) in [5.74, 6) is 1.50. The van der Waals surface area contributed by atoms with E-state index in [-0.39, 0.29) is 35.6 Å². The second-order valence-corrected chi connectivity index (χ2v) is 8.99. The molecule has 0 aromatic carbocycles. The van der Waals surface area contributed by atoms with Crippen LogP contribution in [0.1, 0.15) is 64.7 Å². The lowest BCUT2D eigenvalue weighted by Crippen LogP contribution is -2.57. The van der Waals surface area contributed by atoms with Gasteiger partial charge in [-0.05, 0) is 55.3 Å². The highest BCUT2D eigenvalue weighted by molar-refractivity contribution is 5.91. The molecule has 24 heavy (non-hydrogen) atoms. The second kappa shape index (κ2) is 5.48. The highest BCUT2D eigenvalue weighted by Gasteiger charge is 2.63. The van der Waals surface area contributed by atoms with Gasteiger partial charge in [-0.15, -0.1) is 0 Å². The molecule has 4 nitrogen and oxygen atoms in total. The van der Waals surface area contributed by atoms with Crippen LogP contribution in [0.3, 0.4) is 0 Å². The van der Waals surface area contributed by atoms with Gasteiger partial charge < -0.3 is 5.11 Å². The number of rotatable bonds is 2. The third kappa shape index (κ3) is 2.04. The molecule has 1 N–H and O–H groups in total. The molecule has 0 spiro atoms. The highest BCUT2D eigenvalue weighted by atomic mass is 16.3. The van der Waals surface area contributed by atoms with Gasteiger partial charge in [-0.25, -0.2) is 0 Å². The first-order valence-corrected chi connectivity index (χ1v) is 9.61. The lowest BCUT2D eigenvalue weighted by molar-refractivity contribution is -0.160. The quantitative estimate of drug-likeness (QED) is 0.844. The summed E-state index contributed by atoms with van der Waals surface area (Å²) >= 11 is 0. The van der Waals surface area contributed by atoms with Crippen molar-refractivity contribution < 1.29 is 19.5 Å². The monoisotopic (exact) mass is 332 g/mol. The zero-order valence-corrected chi connectivity index (χ0v) is 14.6. The molecule has 4 rings (SSSR count). The molecular formula is C20H28O4. The number of Topliss-reactive ketones (excluding diaryl/α,β-unsaturated/α-hetero) is 3. The molecule has 0 aromatic heterocycles. The van der Waals surface area contributed by atoms with E-state index in [0.29, 0.717) is 49.6 Å². The van der Waals surface area contributed by atoms with Gasteiger partial charge in [0, 0.05) is 43.6 Å². The average molecular weight is 332 g/mol. The van der Waals surface area contributed by atoms with E-state index in [1.54, 1.807) is 0 Å². The van der Waals surface area contributed by atoms with Crippen LogP contribution in [0.15, 0.2) is 0 Å². The summed E-state index contributed by atoms with van der Waals surface area (Å²) in [6, 6.07) is 0. The molecular weight excluding hydrogens is 304 g/mol. The molecule has 0 aliphatic heterocycles. The Morgan fingerprint density at radius 3 is 2.58 bits per heavy atom. The van der Waals surface area contributed by atoms with Crippen molar-refractivity contribution in [2.45, 2.75) is 64.7 Å². The van der Waals surface area contributed by atoms with Crippen LogP contribution in [-0.2, 0) is 14.4 Å². The van der Waals surface area contributed by atoms with Gasteiger partial charge in [0.2, 0.25) is 0 Å². The summed E-state index contributed by atoms with van der Waals surface area (Å²) in [4.78, 5) is 37.6. The first-order valence-electron chi connectivity index (χ1n) is 9.61. The van der Waals surface area contributed by atoms with E-state index < -0.39 is 5.41 Å². The number of fused-ring (bicyclic) bond motifs is 5. The van der Waals surface area contributed by atoms with Crippen LogP contribution in [0.4, 0.5) is 0 Å². The first-order chi connectivity index (χ1) is 11.4. The van der Waals surface area contributed by atoms with Crippen molar-refractivity contribution in [3.05, 3.63) is 0 Å². The van der Waals surface area contributed by atoms with Crippen LogP contribution < -0.4 is 0 Å². The normalized spacial score (nSPS) is 48.0. The Morgan fingerprint density at radius 1 is 1.04 bits per heavy atom. The Kier molecular flexibility index (Phi) is 3.76. The van der Waals surface area contributed by atoms with Gasteiger partial charge in [0.1, 0.15) is 17.3 Å². The number of aliphatic hydroxyl groups is 1. The summed E-state index contributed by atoms with van der Waals surface area (Å²) in [7, 11) is 0. The molecule has 0 aromatic rings. The molecule has 1 unspecified atom stereocenters. The predicted molar refractivity (Wildman–Crippen MR) is 88.2 cm³/mol. The van der Waals surface area contributed by atoms with E-state index in [2.05, 4.69) is 6.92 Å². The molecule has 4 aliphatic carbocycles. The molecule has 4 heteroatoms. The molecule has 0 radical (unpaired) electrons. The Hall–Kier alpha value is -1.03. The minimum atomic E-state index is -0.445. The maximum absolute atomic E-state index is 13.0. The van der Waals surface area contributed by atoms with Crippen LogP contribution in [-0.4, -0.2) is 29.1 Å². The van der Waals surface area contributed by atoms with E-state index in [4.69, 9.17) is 0 Å². The number of carbonyl (C=O) groups is 3. The number of aliphatic hydroxyl groups excluding tert-OH is 1. The van der Waals surface area contributed by atoms with Gasteiger partial charge in [0.05, 0.1) is 0 Å². The Bertz CT molecular complexity index is 596. The Balaban J connectivity index is 1.70. The summed E-state index contributed by atoms with van der Waals surface area (Å²) in [5.41, 5.74) is -0.372. The van der Waals surface area contributed by atoms with E-state index in [1.165, 1.54) is 0 Å². The number of carbonyl (C=O) groups excluding carboxylic acids is 3. The van der Waals surface area contributed by atoms with Crippen LogP contribution >= 0.6 is 0 Å². The predicted octanol–water partition coefficient (Wildman–Crippen LogP) is 2.71. The third-order valence-electron chi connectivity index (χ3n) is 8.29. The Morgan fingerprint density at radius 2 is 1.83 bits per heavy atom. The van der Waals surface area contributed by atoms with Gasteiger partial charge in [-0.1, -0.05) is 6.92 Å². The SMILES string of the molecule is C[C@]12CCC(=O)CC1CC(=O)[C@H]1[C@@H]3CCC(=O)[C@@]3(CCO)CC[C@@H]12. The molecule has 0 amide bonds. The molecule has 4 saturated carbocycles. The highest BCUT2D eigenvalue weighted by Crippen LogP contribution is 2.65. The third-order valence-corrected chi connectivity index (χ3v) is 8.29. The zero-order chi connectivity index (χ0) is 17.1. The van der Waals surface area contributed by atoms with Gasteiger partial charge in [0.15, 0.2) is 0 Å². The summed E-state index contributed by atoms with van der Waals surface area (Å²) < 4.78 is 0. The smallest absolute Gasteiger partial charge is 0.139 e. The van der Waals surface area contributed by atoms with Crippen LogP contribution in [0.2, 0.25) is 0 Å². The van der Waals surface area contributed by atoms with Crippen molar-refractivity contribution in [1.29, 1.82) is 0 Å². The fraction of sp³-hybridized carbons (Fsp3) is 0.850. The fourth-order valence-corrected chi connectivity index (χ4v) is 6.97. The van der Waals surface area contributed by atoms with Crippen molar-refractivity contribution in [3.63, 3.8) is 0 Å². The molecule has 6 atom stereocenters. The van der Waals surface area contributed by atoms with Gasteiger partial charge in [0.25, 0.3) is 0 Å². The summed E-state index contributed by atoms with van der Waals surface area (Å²) in [5, 5.41) is 9.53. The summed E-state index contributed by atoms with van der Waals surface area (Å²) in [6.45, 7) is 2.33. The second-order valence-electron chi connectivity index (χ2n) is 8.99. The first kappa shape index (κ1) is 16.4. The molecule has 0 bridgehead atoms. The van der Waals surface area contributed by atoms with Crippen LogP contribution in [0, 0.1) is 34.5 Å². The Labute approximate surface area is 143 Å². The molecule has 132 valence electrons. The van der Waals surface area contributed by atoms with E-state index >= 15 is 0 Å². The minimum absolute atomic E-state index is 0.0220. The number of hydrogen-bond donors (Lipinski definition) is 1. The van der Waals surface area contributed by atoms with Gasteiger partial charge >= 0.3 is 0 Å². The lowest BCUT2D eigenvalue weighted by atomic mass is 9.44. The van der Waals surface area contributed by atoms with Crippen molar-refractivity contribution in [2.75, 3.05) is 6.61 Å². The molecule has 0 heterocycles. The lowest BCUT2D eigenvalue weighted by Gasteiger charge is -2.58. The molecule has 4 aliphatic rings. The fourth-order valence-electron chi connectivity index (χ4n) is 6.97. The van der Waals surface area contributed by atoms with Crippen molar-refractivity contribution in [2.24, 2.45) is 34.5 Å². The number of hydrogen-bond acceptors (Lipinski definition) is 4. The summed E-state index contributed by atoms with van der Waals surface area (Å²) in [6.07, 6.45) is 6.26. The standard InChI is InChI=1S/C20H28O4/c1-19-6-4-13(22)10-12(19)11-16(23)18-14(19)5-7-20(8-9-21)15(18)2-3-17(20)24/h12,14-15,18,21H,2-11H2,1H3/t12?,14-,15-,18+,19-,20+/m0/s1. The van der Waals surface area contributed by atoms with Crippen LogP contribution in [0.25, 0.3) is 0 Å². The van der Waals surface area contributed by atoms with Gasteiger partial charge in [-0.2, -0.15) is 0 Å². The number of ketones is 3. The van der Waals surface area contributed by atoms with Crippen molar-refractivity contribution >= 4 is 17.3 Å². The van der Waals surface area contributed by atoms with Crippen molar-refractivity contribution in [1.82, 2.24) is 0 Å². The molecule has 4 fully saturated rings. The van der Waals surface area contributed by atoms with Gasteiger partial charge in [-0.3, -0.25) is 14.4 Å². The topological polar surface area (TPSA) is 71.4 Å². The van der Waals surface area contributed by atoms with E-state index in [0.717, 1.165) is 25.7 Å². The maximum atomic E-state index is 13.0. The average Bonchev–Trinajstić information content (AvgIpc) is 2.87. The largest absolute Gasteiger partial charge is 0.396 e. The minimum Gasteiger partial charge on any atom is -0.396 e. The van der Waals surface area contributed by atoms with E-state index in [1.807, 2.05) is 0 Å². The maximum Gasteiger partial charge on any atom is 0.139 e. The zero-order valence-electron chi connectivity index (χ0n) is 14.6.